The van der Waals surface area contributed by atoms with Crippen molar-refractivity contribution in [1.82, 2.24) is 10.3 Å². The second kappa shape index (κ2) is 5.67. The molecule has 98 valence electrons. The third kappa shape index (κ3) is 4.21. The van der Waals surface area contributed by atoms with Crippen molar-refractivity contribution in [2.75, 3.05) is 11.2 Å². The summed E-state index contributed by atoms with van der Waals surface area (Å²) in [6.07, 6.45) is -3.72. The van der Waals surface area contributed by atoms with Crippen LogP contribution in [0.4, 0.5) is 23.7 Å². The molecule has 0 saturated carbocycles. The SMILES string of the molecule is O=C(CCl)NC(=O)Nc1ccc(C(F)(F)F)nc1. The van der Waals surface area contributed by atoms with Gasteiger partial charge < -0.3 is 5.32 Å². The van der Waals surface area contributed by atoms with Gasteiger partial charge in [-0.2, -0.15) is 13.2 Å². The van der Waals surface area contributed by atoms with Gasteiger partial charge in [0.2, 0.25) is 5.91 Å². The van der Waals surface area contributed by atoms with Gasteiger partial charge in [0, 0.05) is 0 Å². The van der Waals surface area contributed by atoms with Crippen LogP contribution in [-0.4, -0.2) is 22.8 Å². The van der Waals surface area contributed by atoms with Gasteiger partial charge in [-0.15, -0.1) is 11.6 Å². The average molecular weight is 282 g/mol. The molecule has 1 rings (SSSR count). The lowest BCUT2D eigenvalue weighted by atomic mass is 10.3. The molecule has 1 heterocycles. The van der Waals surface area contributed by atoms with Crippen LogP contribution in [0.1, 0.15) is 5.69 Å². The zero-order valence-electron chi connectivity index (χ0n) is 8.71. The van der Waals surface area contributed by atoms with Crippen LogP contribution in [0.5, 0.6) is 0 Å². The molecule has 0 aliphatic carbocycles. The normalized spacial score (nSPS) is 10.9. The first-order valence-electron chi connectivity index (χ1n) is 4.53. The molecule has 1 aromatic heterocycles. The third-order valence-corrected chi connectivity index (χ3v) is 1.93. The molecule has 18 heavy (non-hydrogen) atoms. The predicted molar refractivity (Wildman–Crippen MR) is 57.1 cm³/mol. The first-order valence-corrected chi connectivity index (χ1v) is 5.06. The Bertz CT molecular complexity index is 447. The van der Waals surface area contributed by atoms with Gasteiger partial charge in [-0.3, -0.25) is 10.1 Å². The lowest BCUT2D eigenvalue weighted by molar-refractivity contribution is -0.141. The van der Waals surface area contributed by atoms with Crippen molar-refractivity contribution < 1.29 is 22.8 Å². The minimum absolute atomic E-state index is 0.0165. The fourth-order valence-corrected chi connectivity index (χ4v) is 1.02. The molecule has 2 N–H and O–H groups in total. The monoisotopic (exact) mass is 281 g/mol. The summed E-state index contributed by atoms with van der Waals surface area (Å²) in [7, 11) is 0. The number of alkyl halides is 4. The van der Waals surface area contributed by atoms with E-state index in [-0.39, 0.29) is 5.69 Å². The first-order chi connectivity index (χ1) is 8.32. The van der Waals surface area contributed by atoms with E-state index in [0.29, 0.717) is 6.07 Å². The maximum absolute atomic E-state index is 12.2. The minimum atomic E-state index is -4.55. The number of pyridine rings is 1. The van der Waals surface area contributed by atoms with Crippen LogP contribution >= 0.6 is 11.6 Å². The molecular formula is C9H7ClF3N3O2. The Kier molecular flexibility index (Phi) is 4.49. The predicted octanol–water partition coefficient (Wildman–Crippen LogP) is 1.99. The van der Waals surface area contributed by atoms with E-state index in [9.17, 15) is 22.8 Å². The number of imide groups is 1. The van der Waals surface area contributed by atoms with E-state index in [2.05, 4.69) is 10.3 Å². The number of nitrogens with one attached hydrogen (secondary N) is 2. The molecule has 9 heteroatoms. The third-order valence-electron chi connectivity index (χ3n) is 1.69. The summed E-state index contributed by atoms with van der Waals surface area (Å²) < 4.78 is 36.5. The lowest BCUT2D eigenvalue weighted by Gasteiger charge is -2.07. The minimum Gasteiger partial charge on any atom is -0.306 e. The van der Waals surface area contributed by atoms with Crippen molar-refractivity contribution in [3.63, 3.8) is 0 Å². The Morgan fingerprint density at radius 2 is 2.00 bits per heavy atom. The van der Waals surface area contributed by atoms with Crippen LogP contribution in [0.15, 0.2) is 18.3 Å². The average Bonchev–Trinajstić information content (AvgIpc) is 2.28. The van der Waals surface area contributed by atoms with Gasteiger partial charge in [0.1, 0.15) is 11.6 Å². The number of halogens is 4. The summed E-state index contributed by atoms with van der Waals surface area (Å²) in [5, 5.41) is 3.98. The van der Waals surface area contributed by atoms with Crippen molar-refractivity contribution in [2.45, 2.75) is 6.18 Å². The lowest BCUT2D eigenvalue weighted by Crippen LogP contribution is -2.35. The van der Waals surface area contributed by atoms with Gasteiger partial charge >= 0.3 is 12.2 Å². The maximum Gasteiger partial charge on any atom is 0.433 e. The Balaban J connectivity index is 2.64. The standard InChI is InChI=1S/C9H7ClF3N3O2/c10-3-7(17)16-8(18)15-5-1-2-6(14-4-5)9(11,12)13/h1-2,4H,3H2,(H2,15,16,17,18). The molecule has 0 saturated heterocycles. The zero-order chi connectivity index (χ0) is 13.8. The molecule has 0 unspecified atom stereocenters. The highest BCUT2D eigenvalue weighted by Gasteiger charge is 2.32. The van der Waals surface area contributed by atoms with Gasteiger partial charge in [-0.05, 0) is 12.1 Å². The summed E-state index contributed by atoms with van der Waals surface area (Å²) in [5.41, 5.74) is -1.06. The van der Waals surface area contributed by atoms with Gasteiger partial charge in [0.25, 0.3) is 0 Å². The zero-order valence-corrected chi connectivity index (χ0v) is 9.47. The Morgan fingerprint density at radius 1 is 1.33 bits per heavy atom. The van der Waals surface area contributed by atoms with E-state index < -0.39 is 29.7 Å². The maximum atomic E-state index is 12.2. The largest absolute Gasteiger partial charge is 0.433 e. The number of carbonyl (C=O) groups is 2. The van der Waals surface area contributed by atoms with Crippen LogP contribution < -0.4 is 10.6 Å². The highest BCUT2D eigenvalue weighted by atomic mass is 35.5. The summed E-state index contributed by atoms with van der Waals surface area (Å²) in [5.74, 6) is -1.13. The van der Waals surface area contributed by atoms with Gasteiger partial charge in [-0.1, -0.05) is 0 Å². The van der Waals surface area contributed by atoms with Crippen LogP contribution in [-0.2, 0) is 11.0 Å². The quantitative estimate of drug-likeness (QED) is 0.814. The van der Waals surface area contributed by atoms with Crippen LogP contribution in [0.3, 0.4) is 0 Å². The summed E-state index contributed by atoms with van der Waals surface area (Å²) in [6, 6.07) is 0.821. The molecule has 0 aromatic carbocycles. The van der Waals surface area contributed by atoms with E-state index in [1.165, 1.54) is 0 Å². The van der Waals surface area contributed by atoms with E-state index in [0.717, 1.165) is 12.3 Å². The van der Waals surface area contributed by atoms with Crippen LogP contribution in [0.25, 0.3) is 0 Å². The molecule has 0 aliphatic rings. The number of carbonyl (C=O) groups excluding carboxylic acids is 2. The summed E-state index contributed by atoms with van der Waals surface area (Å²) in [6.45, 7) is 0. The number of hydrogen-bond acceptors (Lipinski definition) is 3. The van der Waals surface area contributed by atoms with E-state index in [1.54, 1.807) is 0 Å². The smallest absolute Gasteiger partial charge is 0.306 e. The Hall–Kier alpha value is -1.83. The number of nitrogens with zero attached hydrogens (tertiary/aromatic N) is 1. The molecule has 0 aliphatic heterocycles. The highest BCUT2D eigenvalue weighted by molar-refractivity contribution is 6.28. The van der Waals surface area contributed by atoms with E-state index in [4.69, 9.17) is 11.6 Å². The van der Waals surface area contributed by atoms with Crippen molar-refractivity contribution in [3.8, 4) is 0 Å². The number of hydrogen-bond donors (Lipinski definition) is 2. The Morgan fingerprint density at radius 3 is 2.44 bits per heavy atom. The van der Waals surface area contributed by atoms with Gasteiger partial charge in [-0.25, -0.2) is 9.78 Å². The van der Waals surface area contributed by atoms with E-state index >= 15 is 0 Å². The topological polar surface area (TPSA) is 71.1 Å². The molecule has 0 radical (unpaired) electrons. The van der Waals surface area contributed by atoms with Crippen LogP contribution in [0, 0.1) is 0 Å². The molecule has 0 fully saturated rings. The number of anilines is 1. The second-order valence-corrected chi connectivity index (χ2v) is 3.33. The van der Waals surface area contributed by atoms with Crippen molar-refractivity contribution in [2.24, 2.45) is 0 Å². The van der Waals surface area contributed by atoms with Crippen LogP contribution in [0.2, 0.25) is 0 Å². The second-order valence-electron chi connectivity index (χ2n) is 3.07. The van der Waals surface area contributed by atoms with Gasteiger partial charge in [0.15, 0.2) is 0 Å². The van der Waals surface area contributed by atoms with E-state index in [1.807, 2.05) is 5.32 Å². The summed E-state index contributed by atoms with van der Waals surface area (Å²) in [4.78, 5) is 25.0. The van der Waals surface area contributed by atoms with Gasteiger partial charge in [0.05, 0.1) is 11.9 Å². The molecule has 3 amide bonds. The Labute approximate surface area is 104 Å². The fraction of sp³-hybridized carbons (Fsp3) is 0.222. The first kappa shape index (κ1) is 14.2. The number of aromatic nitrogens is 1. The summed E-state index contributed by atoms with van der Waals surface area (Å²) >= 11 is 5.14. The van der Waals surface area contributed by atoms with Crippen molar-refractivity contribution in [1.29, 1.82) is 0 Å². The number of urea groups is 1. The fourth-order valence-electron chi connectivity index (χ4n) is 0.958. The highest BCUT2D eigenvalue weighted by Crippen LogP contribution is 2.27. The molecule has 0 bridgehead atoms. The number of amides is 3. The molecule has 1 aromatic rings. The molecule has 0 spiro atoms. The van der Waals surface area contributed by atoms with Crippen molar-refractivity contribution in [3.05, 3.63) is 24.0 Å². The molecular weight excluding hydrogens is 275 g/mol. The molecule has 0 atom stereocenters. The number of rotatable bonds is 2. The molecule has 5 nitrogen and oxygen atoms in total. The van der Waals surface area contributed by atoms with Crippen molar-refractivity contribution >= 4 is 29.2 Å².